The fraction of sp³-hybridized carbons (Fsp3) is 0.0625. The van der Waals surface area contributed by atoms with Crippen LogP contribution in [0.4, 0.5) is 5.69 Å². The molecule has 6 nitrogen and oxygen atoms in total. The minimum absolute atomic E-state index is 0.0143. The van der Waals surface area contributed by atoms with Crippen LogP contribution < -0.4 is 20.5 Å². The van der Waals surface area contributed by atoms with Crippen LogP contribution in [0.1, 0.15) is 20.7 Å². The summed E-state index contributed by atoms with van der Waals surface area (Å²) in [7, 11) is 1.53. The molecule has 23 heavy (non-hydrogen) atoms. The maximum atomic E-state index is 12.1. The van der Waals surface area contributed by atoms with E-state index in [2.05, 4.69) is 10.6 Å². The maximum absolute atomic E-state index is 12.1. The quantitative estimate of drug-likeness (QED) is 0.819. The van der Waals surface area contributed by atoms with Crippen molar-refractivity contribution in [3.8, 4) is 5.75 Å². The Morgan fingerprint density at radius 2 is 1.74 bits per heavy atom. The van der Waals surface area contributed by atoms with E-state index in [1.165, 1.54) is 19.2 Å². The minimum atomic E-state index is -1.34. The van der Waals surface area contributed by atoms with E-state index in [1.807, 2.05) is 0 Å². The van der Waals surface area contributed by atoms with Gasteiger partial charge in [-0.3, -0.25) is 10.1 Å². The normalized spacial score (nSPS) is 9.78. The van der Waals surface area contributed by atoms with Gasteiger partial charge in [-0.2, -0.15) is 0 Å². The number of para-hydroxylation sites is 1. The summed E-state index contributed by atoms with van der Waals surface area (Å²) < 4.78 is 5.01. The van der Waals surface area contributed by atoms with Gasteiger partial charge >= 0.3 is 0 Å². The Kier molecular flexibility index (Phi) is 5.27. The highest BCUT2D eigenvalue weighted by atomic mass is 32.1. The number of carbonyl (C=O) groups is 2. The van der Waals surface area contributed by atoms with Crippen molar-refractivity contribution in [1.29, 1.82) is 0 Å². The number of methoxy groups -OCH3 is 1. The lowest BCUT2D eigenvalue weighted by Crippen LogP contribution is -2.35. The first kappa shape index (κ1) is 16.4. The summed E-state index contributed by atoms with van der Waals surface area (Å²) in [5.74, 6) is -1.13. The predicted molar refractivity (Wildman–Crippen MR) is 87.5 cm³/mol. The van der Waals surface area contributed by atoms with Crippen LogP contribution in [-0.4, -0.2) is 24.1 Å². The Balaban J connectivity index is 2.04. The fourth-order valence-corrected chi connectivity index (χ4v) is 2.04. The number of carboxylic acid groups (broad SMARTS) is 1. The molecule has 0 saturated heterocycles. The molecule has 0 bridgehead atoms. The van der Waals surface area contributed by atoms with Crippen LogP contribution in [0, 0.1) is 0 Å². The first-order valence-electron chi connectivity index (χ1n) is 6.58. The van der Waals surface area contributed by atoms with Gasteiger partial charge in [-0.1, -0.05) is 18.2 Å². The molecule has 0 radical (unpaired) electrons. The number of benzene rings is 2. The van der Waals surface area contributed by atoms with Crippen LogP contribution in [-0.2, 0) is 0 Å². The van der Waals surface area contributed by atoms with Gasteiger partial charge in [-0.15, -0.1) is 0 Å². The van der Waals surface area contributed by atoms with Gasteiger partial charge < -0.3 is 20.0 Å². The highest BCUT2D eigenvalue weighted by Crippen LogP contribution is 2.14. The predicted octanol–water partition coefficient (Wildman–Crippen LogP) is 1.19. The topological polar surface area (TPSA) is 90.5 Å². The Morgan fingerprint density at radius 3 is 2.35 bits per heavy atom. The molecule has 2 aromatic rings. The average Bonchev–Trinajstić information content (AvgIpc) is 2.55. The second kappa shape index (κ2) is 7.37. The lowest BCUT2D eigenvalue weighted by molar-refractivity contribution is -0.254. The van der Waals surface area contributed by atoms with Crippen molar-refractivity contribution in [2.75, 3.05) is 12.4 Å². The molecule has 2 aromatic carbocycles. The van der Waals surface area contributed by atoms with Crippen molar-refractivity contribution in [3.63, 3.8) is 0 Å². The number of hydrogen-bond donors (Lipinski definition) is 2. The Bertz CT molecular complexity index is 744. The first-order valence-corrected chi connectivity index (χ1v) is 6.99. The lowest BCUT2D eigenvalue weighted by Gasteiger charge is -2.14. The summed E-state index contributed by atoms with van der Waals surface area (Å²) in [5.41, 5.74) is 0.587. The largest absolute Gasteiger partial charge is 0.545 e. The van der Waals surface area contributed by atoms with E-state index in [9.17, 15) is 14.7 Å². The highest BCUT2D eigenvalue weighted by Gasteiger charge is 2.10. The fourth-order valence-electron chi connectivity index (χ4n) is 1.84. The molecule has 0 heterocycles. The Hall–Kier alpha value is -2.93. The second-order valence-corrected chi connectivity index (χ2v) is 4.88. The third-order valence-corrected chi connectivity index (χ3v) is 3.18. The van der Waals surface area contributed by atoms with Crippen LogP contribution in [0.3, 0.4) is 0 Å². The molecule has 0 aromatic heterocycles. The number of aromatic carboxylic acids is 1. The summed E-state index contributed by atoms with van der Waals surface area (Å²) in [4.78, 5) is 23.1. The maximum Gasteiger partial charge on any atom is 0.257 e. The minimum Gasteiger partial charge on any atom is -0.545 e. The molecule has 0 atom stereocenters. The summed E-state index contributed by atoms with van der Waals surface area (Å²) in [6.07, 6.45) is 0. The van der Waals surface area contributed by atoms with E-state index in [0.717, 1.165) is 0 Å². The van der Waals surface area contributed by atoms with Gasteiger partial charge in [0.05, 0.1) is 13.1 Å². The number of carboxylic acids is 1. The Labute approximate surface area is 138 Å². The zero-order valence-corrected chi connectivity index (χ0v) is 13.0. The molecule has 2 N–H and O–H groups in total. The van der Waals surface area contributed by atoms with Crippen molar-refractivity contribution in [2.24, 2.45) is 0 Å². The number of hydrogen-bond acceptors (Lipinski definition) is 5. The number of ether oxygens (including phenoxy) is 1. The third-order valence-electron chi connectivity index (χ3n) is 2.97. The van der Waals surface area contributed by atoms with Crippen LogP contribution in [0.25, 0.3) is 0 Å². The zero-order chi connectivity index (χ0) is 16.8. The monoisotopic (exact) mass is 329 g/mol. The SMILES string of the molecule is COc1ccc(C(=O)NC(=S)Nc2ccccc2C(=O)[O-])cc1. The Morgan fingerprint density at radius 1 is 1.09 bits per heavy atom. The van der Waals surface area contributed by atoms with Gasteiger partial charge in [0, 0.05) is 16.8 Å². The van der Waals surface area contributed by atoms with Crippen molar-refractivity contribution < 1.29 is 19.4 Å². The number of anilines is 1. The lowest BCUT2D eigenvalue weighted by atomic mass is 10.2. The van der Waals surface area contributed by atoms with E-state index in [-0.39, 0.29) is 16.4 Å². The number of carbonyl (C=O) groups excluding carboxylic acids is 2. The van der Waals surface area contributed by atoms with Gasteiger partial charge in [0.1, 0.15) is 5.75 Å². The van der Waals surface area contributed by atoms with E-state index in [1.54, 1.807) is 36.4 Å². The molecule has 0 fully saturated rings. The number of thiocarbonyl (C=S) groups is 1. The second-order valence-electron chi connectivity index (χ2n) is 4.47. The zero-order valence-electron chi connectivity index (χ0n) is 12.2. The van der Waals surface area contributed by atoms with Crippen LogP contribution in [0.5, 0.6) is 5.75 Å². The van der Waals surface area contributed by atoms with Crippen molar-refractivity contribution >= 4 is 34.9 Å². The van der Waals surface area contributed by atoms with Gasteiger partial charge in [0.25, 0.3) is 5.91 Å². The highest BCUT2D eigenvalue weighted by molar-refractivity contribution is 7.80. The standard InChI is InChI=1S/C16H14N2O4S/c1-22-11-8-6-10(7-9-11)14(19)18-16(23)17-13-5-3-2-4-12(13)15(20)21/h2-9H,1H3,(H,20,21)(H2,17,18,19,23)/p-1. The van der Waals surface area contributed by atoms with E-state index in [4.69, 9.17) is 17.0 Å². The molecule has 0 aliphatic carbocycles. The molecular formula is C16H13N2O4S-. The molecule has 0 spiro atoms. The molecule has 7 heteroatoms. The van der Waals surface area contributed by atoms with Gasteiger partial charge in [-0.05, 0) is 42.5 Å². The first-order chi connectivity index (χ1) is 11.0. The van der Waals surface area contributed by atoms with E-state index >= 15 is 0 Å². The molecule has 0 aliphatic rings. The molecule has 2 rings (SSSR count). The van der Waals surface area contributed by atoms with Crippen LogP contribution >= 0.6 is 12.2 Å². The molecule has 0 saturated carbocycles. The number of nitrogens with one attached hydrogen (secondary N) is 2. The number of rotatable bonds is 4. The third kappa shape index (κ3) is 4.27. The average molecular weight is 329 g/mol. The molecule has 0 unspecified atom stereocenters. The summed E-state index contributed by atoms with van der Waals surface area (Å²) in [6.45, 7) is 0. The van der Waals surface area contributed by atoms with E-state index in [0.29, 0.717) is 11.3 Å². The van der Waals surface area contributed by atoms with Gasteiger partial charge in [0.15, 0.2) is 5.11 Å². The van der Waals surface area contributed by atoms with Crippen molar-refractivity contribution in [1.82, 2.24) is 5.32 Å². The van der Waals surface area contributed by atoms with E-state index < -0.39 is 11.9 Å². The summed E-state index contributed by atoms with van der Waals surface area (Å²) in [5, 5.41) is 16.1. The molecule has 1 amide bonds. The van der Waals surface area contributed by atoms with Crippen molar-refractivity contribution in [3.05, 3.63) is 59.7 Å². The number of amides is 1. The molecule has 0 aliphatic heterocycles. The van der Waals surface area contributed by atoms with Gasteiger partial charge in [-0.25, -0.2) is 0 Å². The van der Waals surface area contributed by atoms with Crippen LogP contribution in [0.2, 0.25) is 0 Å². The molecular weight excluding hydrogens is 316 g/mol. The summed E-state index contributed by atoms with van der Waals surface area (Å²) in [6, 6.07) is 12.6. The van der Waals surface area contributed by atoms with Gasteiger partial charge in [0.2, 0.25) is 0 Å². The molecule has 118 valence electrons. The summed E-state index contributed by atoms with van der Waals surface area (Å²) >= 11 is 5.03. The van der Waals surface area contributed by atoms with Crippen LogP contribution in [0.15, 0.2) is 48.5 Å². The smallest absolute Gasteiger partial charge is 0.257 e. The van der Waals surface area contributed by atoms with Crippen molar-refractivity contribution in [2.45, 2.75) is 0 Å².